The van der Waals surface area contributed by atoms with E-state index in [0.29, 0.717) is 5.69 Å². The van der Waals surface area contributed by atoms with E-state index in [-0.39, 0.29) is 5.91 Å². The van der Waals surface area contributed by atoms with E-state index in [1.54, 1.807) is 24.7 Å². The van der Waals surface area contributed by atoms with Crippen molar-refractivity contribution in [1.82, 2.24) is 19.5 Å². The number of hydrogen-bond donors (Lipinski definition) is 1. The summed E-state index contributed by atoms with van der Waals surface area (Å²) in [5.41, 5.74) is 3.33. The monoisotopic (exact) mass is 345 g/mol. The van der Waals surface area contributed by atoms with Gasteiger partial charge in [0.1, 0.15) is 5.82 Å². The van der Waals surface area contributed by atoms with Gasteiger partial charge >= 0.3 is 0 Å². The van der Waals surface area contributed by atoms with Crippen LogP contribution >= 0.6 is 0 Å². The van der Waals surface area contributed by atoms with Crippen molar-refractivity contribution in [1.29, 1.82) is 0 Å². The minimum absolute atomic E-state index is 0.211. The van der Waals surface area contributed by atoms with Crippen LogP contribution in [-0.2, 0) is 17.8 Å². The molecule has 0 unspecified atom stereocenters. The first kappa shape index (κ1) is 16.2. The number of anilines is 1. The first-order valence-electron chi connectivity index (χ1n) is 8.69. The van der Waals surface area contributed by atoms with Crippen molar-refractivity contribution >= 4 is 17.7 Å². The van der Waals surface area contributed by atoms with Crippen molar-refractivity contribution in [2.24, 2.45) is 0 Å². The van der Waals surface area contributed by atoms with Crippen LogP contribution in [0.5, 0.6) is 0 Å². The number of nitrogens with zero attached hydrogens (tertiary/aromatic N) is 4. The van der Waals surface area contributed by atoms with Crippen molar-refractivity contribution in [3.8, 4) is 11.3 Å². The fourth-order valence-corrected chi connectivity index (χ4v) is 3.05. The number of imidazole rings is 1. The molecule has 0 spiro atoms. The lowest BCUT2D eigenvalue weighted by molar-refractivity contribution is -0.111. The molecule has 0 atom stereocenters. The molecule has 2 aromatic heterocycles. The Bertz CT molecular complexity index is 922. The summed E-state index contributed by atoms with van der Waals surface area (Å²) in [6.45, 7) is 1.03. The van der Waals surface area contributed by atoms with Gasteiger partial charge in [0.2, 0.25) is 5.91 Å². The van der Waals surface area contributed by atoms with Crippen molar-refractivity contribution in [2.45, 2.75) is 25.8 Å². The van der Waals surface area contributed by atoms with Crippen molar-refractivity contribution in [3.05, 3.63) is 66.6 Å². The lowest BCUT2D eigenvalue weighted by atomic mass is 10.1. The van der Waals surface area contributed by atoms with Crippen molar-refractivity contribution in [3.63, 3.8) is 0 Å². The number of rotatable bonds is 4. The van der Waals surface area contributed by atoms with Crippen LogP contribution in [0.3, 0.4) is 0 Å². The standard InChI is InChI=1S/C20H19N5O/c26-20(8-7-17-13-21-9-10-22-17)23-16-5-3-4-15(12-16)18-14-25-11-2-1-6-19(25)24-18/h3-5,7-10,12-14H,1-2,6,11H2,(H,23,26)/b8-7+. The minimum atomic E-state index is -0.211. The van der Waals surface area contributed by atoms with Crippen LogP contribution in [-0.4, -0.2) is 25.4 Å². The molecule has 1 aromatic carbocycles. The number of aryl methyl sites for hydroxylation is 2. The second-order valence-corrected chi connectivity index (χ2v) is 6.23. The van der Waals surface area contributed by atoms with Crippen LogP contribution in [0.1, 0.15) is 24.4 Å². The molecule has 0 saturated heterocycles. The Morgan fingerprint density at radius 2 is 2.19 bits per heavy atom. The number of carbonyl (C=O) groups is 1. The zero-order valence-electron chi connectivity index (χ0n) is 14.3. The topological polar surface area (TPSA) is 72.7 Å². The van der Waals surface area contributed by atoms with E-state index in [1.807, 2.05) is 24.3 Å². The summed E-state index contributed by atoms with van der Waals surface area (Å²) in [6.07, 6.45) is 13.4. The van der Waals surface area contributed by atoms with E-state index in [2.05, 4.69) is 26.0 Å². The van der Waals surface area contributed by atoms with Crippen LogP contribution in [0.2, 0.25) is 0 Å². The molecule has 0 fully saturated rings. The van der Waals surface area contributed by atoms with Gasteiger partial charge in [-0.25, -0.2) is 4.98 Å². The molecular formula is C20H19N5O. The molecule has 0 bridgehead atoms. The quantitative estimate of drug-likeness (QED) is 0.736. The maximum absolute atomic E-state index is 12.1. The molecule has 0 aliphatic carbocycles. The van der Waals surface area contributed by atoms with E-state index in [4.69, 9.17) is 4.98 Å². The summed E-state index contributed by atoms with van der Waals surface area (Å²) in [7, 11) is 0. The maximum atomic E-state index is 12.1. The van der Waals surface area contributed by atoms with Gasteiger partial charge in [-0.3, -0.25) is 14.8 Å². The van der Waals surface area contributed by atoms with Crippen LogP contribution in [0.25, 0.3) is 17.3 Å². The van der Waals surface area contributed by atoms with Crippen LogP contribution in [0.15, 0.2) is 55.1 Å². The van der Waals surface area contributed by atoms with Crippen LogP contribution in [0.4, 0.5) is 5.69 Å². The third-order valence-electron chi connectivity index (χ3n) is 4.32. The normalized spacial score (nSPS) is 13.5. The Kier molecular flexibility index (Phi) is 4.55. The van der Waals surface area contributed by atoms with Gasteiger partial charge in [0.05, 0.1) is 17.6 Å². The number of fused-ring (bicyclic) bond motifs is 1. The molecule has 6 nitrogen and oxygen atoms in total. The molecule has 3 aromatic rings. The molecule has 0 saturated carbocycles. The second kappa shape index (κ2) is 7.31. The summed E-state index contributed by atoms with van der Waals surface area (Å²) < 4.78 is 2.23. The molecule has 1 aliphatic rings. The molecule has 1 N–H and O–H groups in total. The minimum Gasteiger partial charge on any atom is -0.334 e. The summed E-state index contributed by atoms with van der Waals surface area (Å²) in [5.74, 6) is 0.935. The van der Waals surface area contributed by atoms with Crippen LogP contribution in [0, 0.1) is 0 Å². The molecule has 4 rings (SSSR count). The predicted molar refractivity (Wildman–Crippen MR) is 100 cm³/mol. The highest BCUT2D eigenvalue weighted by atomic mass is 16.1. The number of nitrogens with one attached hydrogen (secondary N) is 1. The van der Waals surface area contributed by atoms with Gasteiger partial charge < -0.3 is 9.88 Å². The molecule has 1 amide bonds. The highest BCUT2D eigenvalue weighted by molar-refractivity contribution is 6.02. The molecule has 3 heterocycles. The van der Waals surface area contributed by atoms with Gasteiger partial charge in [-0.2, -0.15) is 0 Å². The van der Waals surface area contributed by atoms with E-state index >= 15 is 0 Å². The number of amides is 1. The number of hydrogen-bond acceptors (Lipinski definition) is 4. The van der Waals surface area contributed by atoms with E-state index in [9.17, 15) is 4.79 Å². The van der Waals surface area contributed by atoms with Gasteiger partial charge in [-0.15, -0.1) is 0 Å². The maximum Gasteiger partial charge on any atom is 0.248 e. The van der Waals surface area contributed by atoms with Gasteiger partial charge in [-0.05, 0) is 31.1 Å². The molecule has 26 heavy (non-hydrogen) atoms. The molecule has 6 heteroatoms. The van der Waals surface area contributed by atoms with Gasteiger partial charge in [0, 0.05) is 48.9 Å². The average Bonchev–Trinajstić information content (AvgIpc) is 3.12. The van der Waals surface area contributed by atoms with Crippen LogP contribution < -0.4 is 5.32 Å². The lowest BCUT2D eigenvalue weighted by Crippen LogP contribution is -2.08. The number of carbonyl (C=O) groups excluding carboxylic acids is 1. The van der Waals surface area contributed by atoms with Gasteiger partial charge in [0.15, 0.2) is 0 Å². The van der Waals surface area contributed by atoms with E-state index in [1.165, 1.54) is 18.9 Å². The summed E-state index contributed by atoms with van der Waals surface area (Å²) >= 11 is 0. The zero-order chi connectivity index (χ0) is 17.8. The Balaban J connectivity index is 1.48. The average molecular weight is 345 g/mol. The van der Waals surface area contributed by atoms with Crippen molar-refractivity contribution in [2.75, 3.05) is 5.32 Å². The van der Waals surface area contributed by atoms with E-state index < -0.39 is 0 Å². The third kappa shape index (κ3) is 3.69. The predicted octanol–water partition coefficient (Wildman–Crippen LogP) is 3.33. The second-order valence-electron chi connectivity index (χ2n) is 6.23. The zero-order valence-corrected chi connectivity index (χ0v) is 14.3. The third-order valence-corrected chi connectivity index (χ3v) is 4.32. The Morgan fingerprint density at radius 3 is 3.04 bits per heavy atom. The summed E-state index contributed by atoms with van der Waals surface area (Å²) in [4.78, 5) is 24.9. The highest BCUT2D eigenvalue weighted by Crippen LogP contribution is 2.24. The number of benzene rings is 1. The smallest absolute Gasteiger partial charge is 0.248 e. The fraction of sp³-hybridized carbons (Fsp3) is 0.200. The number of aromatic nitrogens is 4. The Hall–Kier alpha value is -3.28. The molecule has 1 aliphatic heterocycles. The SMILES string of the molecule is O=C(/C=C/c1cnccn1)Nc1cccc(-c2cn3c(n2)CCCC3)c1. The fourth-order valence-electron chi connectivity index (χ4n) is 3.05. The highest BCUT2D eigenvalue weighted by Gasteiger charge is 2.13. The van der Waals surface area contributed by atoms with Gasteiger partial charge in [0.25, 0.3) is 0 Å². The molecule has 130 valence electrons. The summed E-state index contributed by atoms with van der Waals surface area (Å²) in [6, 6.07) is 7.75. The Morgan fingerprint density at radius 1 is 1.23 bits per heavy atom. The summed E-state index contributed by atoms with van der Waals surface area (Å²) in [5, 5.41) is 2.88. The molecule has 0 radical (unpaired) electrons. The first-order chi connectivity index (χ1) is 12.8. The Labute approximate surface area is 151 Å². The van der Waals surface area contributed by atoms with Crippen molar-refractivity contribution < 1.29 is 4.79 Å². The lowest BCUT2D eigenvalue weighted by Gasteiger charge is -2.11. The van der Waals surface area contributed by atoms with E-state index in [0.717, 1.165) is 35.7 Å². The largest absolute Gasteiger partial charge is 0.334 e. The van der Waals surface area contributed by atoms with Gasteiger partial charge in [-0.1, -0.05) is 12.1 Å². The first-order valence-corrected chi connectivity index (χ1v) is 8.69. The molecular weight excluding hydrogens is 326 g/mol.